The zero-order valence-corrected chi connectivity index (χ0v) is 22.6. The first-order chi connectivity index (χ1) is 20.8. The van der Waals surface area contributed by atoms with Crippen LogP contribution in [-0.4, -0.2) is 19.1 Å². The fourth-order valence-electron chi connectivity index (χ4n) is 6.55. The zero-order chi connectivity index (χ0) is 27.6. The number of pyridine rings is 2. The van der Waals surface area contributed by atoms with Crippen LogP contribution in [0, 0.1) is 0 Å². The van der Waals surface area contributed by atoms with Crippen molar-refractivity contribution in [2.75, 3.05) is 0 Å². The third-order valence-corrected chi connectivity index (χ3v) is 8.39. The molecule has 0 aliphatic rings. The van der Waals surface area contributed by atoms with Crippen molar-refractivity contribution in [2.24, 2.45) is 0 Å². The van der Waals surface area contributed by atoms with Crippen molar-refractivity contribution >= 4 is 54.4 Å². The summed E-state index contributed by atoms with van der Waals surface area (Å²) in [6.07, 6.45) is 3.76. The van der Waals surface area contributed by atoms with Crippen LogP contribution in [0.4, 0.5) is 0 Å². The quantitative estimate of drug-likeness (QED) is 0.225. The topological polar surface area (TPSA) is 35.6 Å². The minimum absolute atomic E-state index is 0.861. The van der Waals surface area contributed by atoms with Gasteiger partial charge in [0.25, 0.3) is 0 Å². The summed E-state index contributed by atoms with van der Waals surface area (Å²) < 4.78 is 4.75. The first-order valence-corrected chi connectivity index (χ1v) is 14.2. The van der Waals surface area contributed by atoms with Crippen LogP contribution in [0.15, 0.2) is 146 Å². The number of para-hydroxylation sites is 3. The SMILES string of the molecule is c1ccc(-n2c3ccccc3c3ccc4cc5c6ccccc6n(-c6ccc(-c7ccccn7)nc6)c5cc4c32)cc1. The van der Waals surface area contributed by atoms with E-state index in [0.29, 0.717) is 0 Å². The molecule has 4 aromatic heterocycles. The molecular weight excluding hydrogens is 512 g/mol. The highest BCUT2D eigenvalue weighted by Crippen LogP contribution is 2.40. The minimum atomic E-state index is 0.861. The largest absolute Gasteiger partial charge is 0.309 e. The van der Waals surface area contributed by atoms with Gasteiger partial charge in [-0.2, -0.15) is 0 Å². The molecule has 5 aromatic carbocycles. The third kappa shape index (κ3) is 3.29. The van der Waals surface area contributed by atoms with Crippen molar-refractivity contribution in [3.63, 3.8) is 0 Å². The number of benzene rings is 5. The normalized spacial score (nSPS) is 11.8. The summed E-state index contributed by atoms with van der Waals surface area (Å²) in [5.41, 5.74) is 8.67. The first-order valence-electron chi connectivity index (χ1n) is 14.2. The monoisotopic (exact) mass is 536 g/mol. The average molecular weight is 537 g/mol. The van der Waals surface area contributed by atoms with Gasteiger partial charge in [0.05, 0.1) is 45.3 Å². The molecule has 0 aliphatic heterocycles. The molecule has 0 saturated carbocycles. The van der Waals surface area contributed by atoms with E-state index in [1.54, 1.807) is 6.20 Å². The molecule has 0 unspecified atom stereocenters. The Bertz CT molecular complexity index is 2430. The fraction of sp³-hybridized carbons (Fsp3) is 0. The van der Waals surface area contributed by atoms with Crippen molar-refractivity contribution in [3.05, 3.63) is 146 Å². The molecule has 4 nitrogen and oxygen atoms in total. The number of hydrogen-bond donors (Lipinski definition) is 0. The molecule has 196 valence electrons. The average Bonchev–Trinajstić information content (AvgIpc) is 3.57. The highest BCUT2D eigenvalue weighted by Gasteiger charge is 2.18. The Hall–Kier alpha value is -5.74. The van der Waals surface area contributed by atoms with Gasteiger partial charge >= 0.3 is 0 Å². The minimum Gasteiger partial charge on any atom is -0.309 e. The second-order valence-corrected chi connectivity index (χ2v) is 10.7. The molecule has 0 spiro atoms. The number of fused-ring (bicyclic) bond motifs is 8. The highest BCUT2D eigenvalue weighted by atomic mass is 15.0. The van der Waals surface area contributed by atoms with E-state index in [-0.39, 0.29) is 0 Å². The maximum Gasteiger partial charge on any atom is 0.0887 e. The molecule has 4 heteroatoms. The third-order valence-electron chi connectivity index (χ3n) is 8.39. The van der Waals surface area contributed by atoms with E-state index in [0.717, 1.165) is 33.8 Å². The second kappa shape index (κ2) is 8.88. The summed E-state index contributed by atoms with van der Waals surface area (Å²) >= 11 is 0. The fourth-order valence-corrected chi connectivity index (χ4v) is 6.55. The van der Waals surface area contributed by atoms with Crippen LogP contribution >= 0.6 is 0 Å². The van der Waals surface area contributed by atoms with Crippen LogP contribution in [0.25, 0.3) is 77.1 Å². The Morgan fingerprint density at radius 2 is 1.12 bits per heavy atom. The van der Waals surface area contributed by atoms with Gasteiger partial charge in [-0.1, -0.05) is 72.8 Å². The van der Waals surface area contributed by atoms with Gasteiger partial charge in [-0.3, -0.25) is 9.97 Å². The van der Waals surface area contributed by atoms with E-state index in [1.807, 2.05) is 24.4 Å². The van der Waals surface area contributed by atoms with E-state index < -0.39 is 0 Å². The molecule has 0 fully saturated rings. The molecular formula is C38H24N4. The predicted molar refractivity (Wildman–Crippen MR) is 174 cm³/mol. The van der Waals surface area contributed by atoms with Gasteiger partial charge in [0.2, 0.25) is 0 Å². The Kier molecular flexibility index (Phi) is 4.87. The second-order valence-electron chi connectivity index (χ2n) is 10.7. The molecule has 0 aliphatic carbocycles. The van der Waals surface area contributed by atoms with Gasteiger partial charge in [0.15, 0.2) is 0 Å². The van der Waals surface area contributed by atoms with Crippen LogP contribution in [0.3, 0.4) is 0 Å². The van der Waals surface area contributed by atoms with Gasteiger partial charge in [0, 0.05) is 38.8 Å². The van der Waals surface area contributed by atoms with E-state index >= 15 is 0 Å². The maximum atomic E-state index is 4.83. The molecule has 0 atom stereocenters. The van der Waals surface area contributed by atoms with Gasteiger partial charge in [0.1, 0.15) is 0 Å². The lowest BCUT2D eigenvalue weighted by Gasteiger charge is -2.11. The lowest BCUT2D eigenvalue weighted by molar-refractivity contribution is 1.14. The molecule has 9 aromatic rings. The zero-order valence-electron chi connectivity index (χ0n) is 22.6. The smallest absolute Gasteiger partial charge is 0.0887 e. The lowest BCUT2D eigenvalue weighted by Crippen LogP contribution is -1.97. The summed E-state index contributed by atoms with van der Waals surface area (Å²) in [7, 11) is 0. The predicted octanol–water partition coefficient (Wildman–Crippen LogP) is 9.49. The Balaban J connectivity index is 1.38. The van der Waals surface area contributed by atoms with Crippen molar-refractivity contribution in [3.8, 4) is 22.8 Å². The number of aromatic nitrogens is 4. The van der Waals surface area contributed by atoms with Crippen molar-refractivity contribution in [2.45, 2.75) is 0 Å². The molecule has 0 N–H and O–H groups in total. The number of hydrogen-bond acceptors (Lipinski definition) is 2. The molecule has 0 saturated heterocycles. The molecule has 9 rings (SSSR count). The Labute approximate surface area is 241 Å². The van der Waals surface area contributed by atoms with Crippen LogP contribution in [0.2, 0.25) is 0 Å². The van der Waals surface area contributed by atoms with E-state index in [9.17, 15) is 0 Å². The van der Waals surface area contributed by atoms with Crippen molar-refractivity contribution < 1.29 is 0 Å². The highest BCUT2D eigenvalue weighted by molar-refractivity contribution is 6.22. The van der Waals surface area contributed by atoms with Crippen LogP contribution < -0.4 is 0 Å². The van der Waals surface area contributed by atoms with Crippen LogP contribution in [-0.2, 0) is 0 Å². The van der Waals surface area contributed by atoms with Gasteiger partial charge in [-0.15, -0.1) is 0 Å². The summed E-state index contributed by atoms with van der Waals surface area (Å²) in [5, 5.41) is 7.42. The summed E-state index contributed by atoms with van der Waals surface area (Å²) in [6.45, 7) is 0. The first kappa shape index (κ1) is 23.0. The number of rotatable bonds is 3. The number of nitrogens with zero attached hydrogens (tertiary/aromatic N) is 4. The summed E-state index contributed by atoms with van der Waals surface area (Å²) in [4.78, 5) is 9.31. The Morgan fingerprint density at radius 3 is 1.88 bits per heavy atom. The van der Waals surface area contributed by atoms with Crippen LogP contribution in [0.1, 0.15) is 0 Å². The van der Waals surface area contributed by atoms with Crippen molar-refractivity contribution in [1.82, 2.24) is 19.1 Å². The Morgan fingerprint density at radius 1 is 0.405 bits per heavy atom. The summed E-state index contributed by atoms with van der Waals surface area (Å²) in [6, 6.07) is 47.4. The standard InChI is InChI=1S/C38H24N4/c1-2-10-26(11-3-1)42-36-16-7-4-12-28(36)30-19-17-25-22-32-29-13-5-6-15-35(29)41(37(32)23-31(25)38(30)42)27-18-20-34(40-24-27)33-14-8-9-21-39-33/h1-24H. The maximum absolute atomic E-state index is 4.83. The van der Waals surface area contributed by atoms with Crippen molar-refractivity contribution in [1.29, 1.82) is 0 Å². The molecule has 0 amide bonds. The van der Waals surface area contributed by atoms with E-state index in [4.69, 9.17) is 4.98 Å². The van der Waals surface area contributed by atoms with Gasteiger partial charge in [-0.25, -0.2) is 0 Å². The molecule has 0 bridgehead atoms. The van der Waals surface area contributed by atoms with E-state index in [1.165, 1.54) is 43.4 Å². The summed E-state index contributed by atoms with van der Waals surface area (Å²) in [5.74, 6) is 0. The lowest BCUT2D eigenvalue weighted by atomic mass is 10.0. The molecule has 4 heterocycles. The van der Waals surface area contributed by atoms with Gasteiger partial charge < -0.3 is 9.13 Å². The van der Waals surface area contributed by atoms with Gasteiger partial charge in [-0.05, 0) is 66.0 Å². The molecule has 0 radical (unpaired) electrons. The van der Waals surface area contributed by atoms with Crippen LogP contribution in [0.5, 0.6) is 0 Å². The van der Waals surface area contributed by atoms with E-state index in [2.05, 4.69) is 129 Å². The molecule has 42 heavy (non-hydrogen) atoms.